The molecule has 0 radical (unpaired) electrons. The molecule has 0 saturated carbocycles. The first-order chi connectivity index (χ1) is 14.9. The Morgan fingerprint density at radius 2 is 1.74 bits per heavy atom. The number of imidazole rings is 1. The predicted molar refractivity (Wildman–Crippen MR) is 119 cm³/mol. The first-order valence-corrected chi connectivity index (χ1v) is 10.1. The summed E-state index contributed by atoms with van der Waals surface area (Å²) < 4.78 is 3.34. The average Bonchev–Trinajstić information content (AvgIpc) is 3.08. The van der Waals surface area contributed by atoms with Gasteiger partial charge in [-0.25, -0.2) is 4.98 Å². The number of rotatable bonds is 5. The Balaban J connectivity index is 1.74. The number of carbonyl (C=O) groups is 1. The third-order valence-corrected chi connectivity index (χ3v) is 5.51. The minimum absolute atomic E-state index is 0.117. The Bertz CT molecular complexity index is 1310. The second-order valence-corrected chi connectivity index (χ2v) is 7.61. The van der Waals surface area contributed by atoms with Crippen molar-refractivity contribution >= 4 is 16.9 Å². The van der Waals surface area contributed by atoms with Crippen molar-refractivity contribution in [2.45, 2.75) is 25.9 Å². The van der Waals surface area contributed by atoms with Crippen LogP contribution >= 0.6 is 0 Å². The molecule has 1 amide bonds. The molecule has 0 fully saturated rings. The topological polar surface area (TPSA) is 89.2 Å². The van der Waals surface area contributed by atoms with Crippen LogP contribution in [0.15, 0.2) is 71.5 Å². The summed E-state index contributed by atoms with van der Waals surface area (Å²) in [6, 6.07) is 18.7. The van der Waals surface area contributed by atoms with Crippen LogP contribution in [-0.2, 0) is 11.8 Å². The van der Waals surface area contributed by atoms with Gasteiger partial charge in [0.15, 0.2) is 0 Å². The van der Waals surface area contributed by atoms with Gasteiger partial charge in [0.05, 0.1) is 11.0 Å². The largest absolute Gasteiger partial charge is 0.508 e. The summed E-state index contributed by atoms with van der Waals surface area (Å²) in [7, 11) is 1.92. The molecule has 0 saturated heterocycles. The molecule has 2 N–H and O–H groups in total. The molecule has 7 nitrogen and oxygen atoms in total. The number of hydrogen-bond acceptors (Lipinski definition) is 4. The van der Waals surface area contributed by atoms with Gasteiger partial charge in [-0.2, -0.15) is 0 Å². The van der Waals surface area contributed by atoms with Crippen molar-refractivity contribution in [3.63, 3.8) is 0 Å². The van der Waals surface area contributed by atoms with Crippen molar-refractivity contribution in [1.82, 2.24) is 19.4 Å². The Morgan fingerprint density at radius 3 is 2.42 bits per heavy atom. The molecule has 31 heavy (non-hydrogen) atoms. The van der Waals surface area contributed by atoms with Crippen LogP contribution in [0, 0.1) is 6.92 Å². The number of fused-ring (bicyclic) bond motifs is 1. The summed E-state index contributed by atoms with van der Waals surface area (Å²) in [5.74, 6) is 0.257. The SMILES string of the molecule is Cc1cc(O)cc(=O)n1C(C)C(=O)NC(c1ccccc1)c1nc2ccccc2n1C. The van der Waals surface area contributed by atoms with E-state index in [1.54, 1.807) is 13.8 Å². The van der Waals surface area contributed by atoms with Crippen molar-refractivity contribution in [2.75, 3.05) is 0 Å². The van der Waals surface area contributed by atoms with Crippen molar-refractivity contribution in [1.29, 1.82) is 0 Å². The van der Waals surface area contributed by atoms with E-state index >= 15 is 0 Å². The maximum absolute atomic E-state index is 13.2. The molecule has 0 aliphatic rings. The zero-order valence-electron chi connectivity index (χ0n) is 17.6. The molecule has 4 aromatic rings. The Hall–Kier alpha value is -3.87. The fourth-order valence-corrected chi connectivity index (χ4v) is 3.94. The van der Waals surface area contributed by atoms with Gasteiger partial charge in [-0.3, -0.25) is 9.59 Å². The minimum atomic E-state index is -0.769. The van der Waals surface area contributed by atoms with Gasteiger partial charge < -0.3 is 19.6 Å². The Morgan fingerprint density at radius 1 is 1.06 bits per heavy atom. The molecule has 2 aromatic carbocycles. The van der Waals surface area contributed by atoms with Gasteiger partial charge in [0.25, 0.3) is 5.56 Å². The number of benzene rings is 2. The van der Waals surface area contributed by atoms with Gasteiger partial charge in [-0.05, 0) is 37.6 Å². The van der Waals surface area contributed by atoms with Gasteiger partial charge in [0, 0.05) is 18.8 Å². The Labute approximate surface area is 179 Å². The van der Waals surface area contributed by atoms with Crippen molar-refractivity contribution < 1.29 is 9.90 Å². The molecule has 4 rings (SSSR count). The van der Waals surface area contributed by atoms with E-state index in [0.29, 0.717) is 11.5 Å². The number of pyridine rings is 1. The highest BCUT2D eigenvalue weighted by atomic mass is 16.3. The van der Waals surface area contributed by atoms with Gasteiger partial charge >= 0.3 is 0 Å². The molecule has 0 bridgehead atoms. The van der Waals surface area contributed by atoms with Crippen molar-refractivity contribution in [3.8, 4) is 5.75 Å². The van der Waals surface area contributed by atoms with E-state index in [1.165, 1.54) is 10.6 Å². The van der Waals surface area contributed by atoms with E-state index in [4.69, 9.17) is 4.98 Å². The molecule has 2 aromatic heterocycles. The average molecular weight is 416 g/mol. The van der Waals surface area contributed by atoms with E-state index in [9.17, 15) is 14.7 Å². The molecule has 2 atom stereocenters. The van der Waals surface area contributed by atoms with Crippen LogP contribution < -0.4 is 10.9 Å². The summed E-state index contributed by atoms with van der Waals surface area (Å²) >= 11 is 0. The van der Waals surface area contributed by atoms with Gasteiger partial charge in [0.1, 0.15) is 23.7 Å². The first kappa shape index (κ1) is 20.4. The zero-order valence-corrected chi connectivity index (χ0v) is 17.6. The van der Waals surface area contributed by atoms with Crippen LogP contribution in [0.2, 0.25) is 0 Å². The number of amides is 1. The minimum Gasteiger partial charge on any atom is -0.508 e. The van der Waals surface area contributed by atoms with Gasteiger partial charge in [0.2, 0.25) is 5.91 Å². The quantitative estimate of drug-likeness (QED) is 0.523. The van der Waals surface area contributed by atoms with Crippen molar-refractivity contribution in [3.05, 3.63) is 94.2 Å². The maximum Gasteiger partial charge on any atom is 0.255 e. The van der Waals surface area contributed by atoms with Gasteiger partial charge in [-0.1, -0.05) is 42.5 Å². The fraction of sp³-hybridized carbons (Fsp3) is 0.208. The van der Waals surface area contributed by atoms with E-state index in [2.05, 4.69) is 5.32 Å². The molecule has 2 heterocycles. The third-order valence-electron chi connectivity index (χ3n) is 5.51. The summed E-state index contributed by atoms with van der Waals surface area (Å²) in [6.45, 7) is 3.35. The fourth-order valence-electron chi connectivity index (χ4n) is 3.94. The highest BCUT2D eigenvalue weighted by Crippen LogP contribution is 2.26. The number of aromatic nitrogens is 3. The van der Waals surface area contributed by atoms with E-state index in [1.807, 2.05) is 66.2 Å². The van der Waals surface area contributed by atoms with Crippen LogP contribution in [0.5, 0.6) is 5.75 Å². The lowest BCUT2D eigenvalue weighted by Crippen LogP contribution is -2.39. The smallest absolute Gasteiger partial charge is 0.255 e. The summed E-state index contributed by atoms with van der Waals surface area (Å²) in [5.41, 5.74) is 2.77. The predicted octanol–water partition coefficient (Wildman–Crippen LogP) is 3.22. The number of aryl methyl sites for hydroxylation is 2. The molecule has 158 valence electrons. The Kier molecular flexibility index (Phi) is 5.33. The first-order valence-electron chi connectivity index (χ1n) is 10.1. The zero-order chi connectivity index (χ0) is 22.1. The summed E-state index contributed by atoms with van der Waals surface area (Å²) in [6.07, 6.45) is 0. The number of nitrogens with zero attached hydrogens (tertiary/aromatic N) is 3. The number of carbonyl (C=O) groups excluding carboxylic acids is 1. The molecular weight excluding hydrogens is 392 g/mol. The number of hydrogen-bond donors (Lipinski definition) is 2. The highest BCUT2D eigenvalue weighted by molar-refractivity contribution is 5.81. The number of nitrogens with one attached hydrogen (secondary N) is 1. The van der Waals surface area contributed by atoms with Crippen LogP contribution in [0.1, 0.15) is 36.1 Å². The highest BCUT2D eigenvalue weighted by Gasteiger charge is 2.26. The van der Waals surface area contributed by atoms with E-state index in [-0.39, 0.29) is 11.7 Å². The number of aromatic hydroxyl groups is 1. The molecule has 7 heteroatoms. The van der Waals surface area contributed by atoms with Gasteiger partial charge in [-0.15, -0.1) is 0 Å². The monoisotopic (exact) mass is 416 g/mol. The lowest BCUT2D eigenvalue weighted by molar-refractivity contribution is -0.124. The van der Waals surface area contributed by atoms with Crippen LogP contribution in [0.4, 0.5) is 0 Å². The molecule has 0 spiro atoms. The molecule has 0 aliphatic heterocycles. The van der Waals surface area contributed by atoms with Crippen molar-refractivity contribution in [2.24, 2.45) is 7.05 Å². The second-order valence-electron chi connectivity index (χ2n) is 7.61. The second kappa shape index (κ2) is 8.10. The van der Waals surface area contributed by atoms with E-state index in [0.717, 1.165) is 22.7 Å². The normalized spacial score (nSPS) is 13.1. The van der Waals surface area contributed by atoms with Crippen LogP contribution in [0.3, 0.4) is 0 Å². The number of para-hydroxylation sites is 2. The van der Waals surface area contributed by atoms with E-state index < -0.39 is 17.6 Å². The maximum atomic E-state index is 13.2. The third kappa shape index (κ3) is 3.82. The summed E-state index contributed by atoms with van der Waals surface area (Å²) in [5, 5.41) is 12.7. The lowest BCUT2D eigenvalue weighted by atomic mass is 10.1. The van der Waals surface area contributed by atoms with Crippen LogP contribution in [0.25, 0.3) is 11.0 Å². The molecule has 0 aliphatic carbocycles. The van der Waals surface area contributed by atoms with Crippen LogP contribution in [-0.4, -0.2) is 25.1 Å². The summed E-state index contributed by atoms with van der Waals surface area (Å²) in [4.78, 5) is 30.4. The molecule has 2 unspecified atom stereocenters. The molecular formula is C24H24N4O3. The standard InChI is InChI=1S/C24H24N4O3/c1-15-13-18(29)14-21(30)28(15)16(2)24(31)26-22(17-9-5-4-6-10-17)23-25-19-11-7-8-12-20(19)27(23)3/h4-14,16,22,29H,1-3H3,(H,26,31). The lowest BCUT2D eigenvalue weighted by Gasteiger charge is -2.23.